The molecule has 1 saturated carbocycles. The highest BCUT2D eigenvalue weighted by Crippen LogP contribution is 2.39. The molecule has 0 bridgehead atoms. The van der Waals surface area contributed by atoms with Crippen molar-refractivity contribution in [1.29, 1.82) is 0 Å². The van der Waals surface area contributed by atoms with Gasteiger partial charge in [0.25, 0.3) is 0 Å². The Morgan fingerprint density at radius 2 is 1.91 bits per heavy atom. The summed E-state index contributed by atoms with van der Waals surface area (Å²) in [5, 5.41) is 4.20. The van der Waals surface area contributed by atoms with E-state index in [0.717, 1.165) is 45.1 Å². The molecule has 1 atom stereocenters. The first-order valence-corrected chi connectivity index (χ1v) is 12.5. The van der Waals surface area contributed by atoms with Gasteiger partial charge in [-0.2, -0.15) is 0 Å². The van der Waals surface area contributed by atoms with Crippen molar-refractivity contribution in [2.45, 2.75) is 84.8 Å². The lowest BCUT2D eigenvalue weighted by atomic mass is 9.80. The number of nitrogens with one attached hydrogen (secondary N) is 2. The van der Waals surface area contributed by atoms with Crippen LogP contribution in [0.4, 0.5) is 4.79 Å². The summed E-state index contributed by atoms with van der Waals surface area (Å²) in [4.78, 5) is 31.3. The molecule has 2 N–H and O–H groups in total. The molecule has 0 saturated heterocycles. The fourth-order valence-electron chi connectivity index (χ4n) is 5.57. The van der Waals surface area contributed by atoms with Crippen molar-refractivity contribution in [1.82, 2.24) is 15.2 Å². The zero-order valence-electron chi connectivity index (χ0n) is 20.8. The van der Waals surface area contributed by atoms with Crippen LogP contribution in [0.2, 0.25) is 0 Å². The van der Waals surface area contributed by atoms with Gasteiger partial charge in [0, 0.05) is 35.6 Å². The van der Waals surface area contributed by atoms with E-state index >= 15 is 0 Å². The minimum Gasteiger partial charge on any atom is -0.444 e. The second kappa shape index (κ2) is 9.40. The fraction of sp³-hybridized carbons (Fsp3) is 0.630. The van der Waals surface area contributed by atoms with E-state index in [2.05, 4.69) is 47.2 Å². The maximum absolute atomic E-state index is 13.6. The number of carbonyl (C=O) groups excluding carboxylic acids is 2. The van der Waals surface area contributed by atoms with E-state index in [-0.39, 0.29) is 18.1 Å². The van der Waals surface area contributed by atoms with Crippen molar-refractivity contribution >= 4 is 22.9 Å². The van der Waals surface area contributed by atoms with Gasteiger partial charge in [-0.15, -0.1) is 0 Å². The fourth-order valence-corrected chi connectivity index (χ4v) is 5.57. The number of hydrogen-bond acceptors (Lipinski definition) is 3. The summed E-state index contributed by atoms with van der Waals surface area (Å²) in [5.74, 6) is 0.805. The normalized spacial score (nSPS) is 23.3. The van der Waals surface area contributed by atoms with Crippen LogP contribution in [0.15, 0.2) is 18.2 Å². The molecule has 1 fully saturated rings. The van der Waals surface area contributed by atoms with E-state index in [1.165, 1.54) is 27.7 Å². The van der Waals surface area contributed by atoms with Gasteiger partial charge in [0.05, 0.1) is 6.04 Å². The Bertz CT molecular complexity index is 1010. The van der Waals surface area contributed by atoms with Crippen LogP contribution < -0.4 is 5.32 Å². The highest BCUT2D eigenvalue weighted by Gasteiger charge is 2.36. The number of hydrogen-bond donors (Lipinski definition) is 2. The summed E-state index contributed by atoms with van der Waals surface area (Å²) < 4.78 is 5.33. The average molecular weight is 454 g/mol. The standard InChI is InChI=1S/C27H39N3O3/c1-6-23-24-21(20-12-7-17(2)15-22(20)29-24)13-14-30(23)25(31)19-10-8-18(9-11-19)16-28-26(32)33-27(3,4)5/h7,12,15,18-19,23,29H,6,8-11,13-14,16H2,1-5H3,(H,28,32). The van der Waals surface area contributed by atoms with E-state index in [0.29, 0.717) is 18.4 Å². The molecule has 6 heteroatoms. The van der Waals surface area contributed by atoms with E-state index in [1.807, 2.05) is 20.8 Å². The number of carbonyl (C=O) groups is 2. The minimum absolute atomic E-state index is 0.0880. The zero-order valence-corrected chi connectivity index (χ0v) is 20.8. The molecule has 1 aromatic carbocycles. The molecule has 6 nitrogen and oxygen atoms in total. The molecule has 2 amide bonds. The number of benzene rings is 1. The van der Waals surface area contributed by atoms with Gasteiger partial charge in [-0.25, -0.2) is 4.79 Å². The Labute approximate surface area is 197 Å². The van der Waals surface area contributed by atoms with Crippen LogP contribution in [0, 0.1) is 18.8 Å². The van der Waals surface area contributed by atoms with Crippen LogP contribution in [0.3, 0.4) is 0 Å². The van der Waals surface area contributed by atoms with Crippen LogP contribution in [0.1, 0.15) is 82.7 Å². The zero-order chi connectivity index (χ0) is 23.8. The molecule has 2 aliphatic rings. The number of aryl methyl sites for hydroxylation is 1. The lowest BCUT2D eigenvalue weighted by Gasteiger charge is -2.39. The molecule has 0 spiro atoms. The monoisotopic (exact) mass is 453 g/mol. The molecule has 1 aliphatic heterocycles. The highest BCUT2D eigenvalue weighted by molar-refractivity contribution is 5.87. The molecule has 2 heterocycles. The van der Waals surface area contributed by atoms with E-state index in [4.69, 9.17) is 4.74 Å². The quantitative estimate of drug-likeness (QED) is 0.629. The number of rotatable bonds is 4. The van der Waals surface area contributed by atoms with Gasteiger partial charge >= 0.3 is 6.09 Å². The topological polar surface area (TPSA) is 74.4 Å². The van der Waals surface area contributed by atoms with Gasteiger partial charge in [-0.05, 0) is 89.3 Å². The Kier molecular flexibility index (Phi) is 6.73. The molecule has 1 aromatic heterocycles. The van der Waals surface area contributed by atoms with E-state index in [9.17, 15) is 9.59 Å². The predicted molar refractivity (Wildman–Crippen MR) is 131 cm³/mol. The van der Waals surface area contributed by atoms with Crippen LogP contribution >= 0.6 is 0 Å². The molecule has 0 radical (unpaired) electrons. The number of ether oxygens (including phenoxy) is 1. The van der Waals surface area contributed by atoms with Crippen molar-refractivity contribution in [3.63, 3.8) is 0 Å². The second-order valence-corrected chi connectivity index (χ2v) is 10.9. The summed E-state index contributed by atoms with van der Waals surface area (Å²) in [6.07, 6.45) is 5.19. The lowest BCUT2D eigenvalue weighted by Crippen LogP contribution is -2.44. The number of aromatic amines is 1. The van der Waals surface area contributed by atoms with Gasteiger partial charge in [-0.1, -0.05) is 19.1 Å². The number of nitrogens with zero attached hydrogens (tertiary/aromatic N) is 1. The number of fused-ring (bicyclic) bond motifs is 3. The van der Waals surface area contributed by atoms with E-state index in [1.54, 1.807) is 0 Å². The Hall–Kier alpha value is -2.50. The molecule has 2 aromatic rings. The summed E-state index contributed by atoms with van der Waals surface area (Å²) in [5.41, 5.74) is 4.57. The number of amides is 2. The van der Waals surface area contributed by atoms with Gasteiger partial charge in [-0.3, -0.25) is 4.79 Å². The smallest absolute Gasteiger partial charge is 0.407 e. The number of aromatic nitrogens is 1. The Morgan fingerprint density at radius 1 is 1.18 bits per heavy atom. The van der Waals surface area contributed by atoms with E-state index < -0.39 is 5.60 Å². The molecule has 33 heavy (non-hydrogen) atoms. The van der Waals surface area contributed by atoms with Crippen LogP contribution in [-0.2, 0) is 16.0 Å². The van der Waals surface area contributed by atoms with Gasteiger partial charge < -0.3 is 19.9 Å². The van der Waals surface area contributed by atoms with Gasteiger partial charge in [0.2, 0.25) is 5.91 Å². The maximum Gasteiger partial charge on any atom is 0.407 e. The second-order valence-electron chi connectivity index (χ2n) is 10.9. The third-order valence-electron chi connectivity index (χ3n) is 7.21. The summed E-state index contributed by atoms with van der Waals surface area (Å²) >= 11 is 0. The third kappa shape index (κ3) is 5.20. The first kappa shape index (κ1) is 23.7. The van der Waals surface area contributed by atoms with Crippen LogP contribution in [0.5, 0.6) is 0 Å². The summed E-state index contributed by atoms with van der Waals surface area (Å²) in [7, 11) is 0. The van der Waals surface area contributed by atoms with Gasteiger partial charge in [0.1, 0.15) is 5.60 Å². The van der Waals surface area contributed by atoms with Crippen molar-refractivity contribution in [2.24, 2.45) is 11.8 Å². The van der Waals surface area contributed by atoms with Crippen LogP contribution in [0.25, 0.3) is 10.9 Å². The third-order valence-corrected chi connectivity index (χ3v) is 7.21. The van der Waals surface area contributed by atoms with Gasteiger partial charge in [0.15, 0.2) is 0 Å². The molecule has 4 rings (SSSR count). The number of alkyl carbamates (subject to hydrolysis) is 1. The van der Waals surface area contributed by atoms with Crippen molar-refractivity contribution in [3.05, 3.63) is 35.0 Å². The van der Waals surface area contributed by atoms with Crippen molar-refractivity contribution in [3.8, 4) is 0 Å². The molecular formula is C27H39N3O3. The first-order chi connectivity index (χ1) is 15.7. The molecule has 1 unspecified atom stereocenters. The van der Waals surface area contributed by atoms with Crippen LogP contribution in [-0.4, -0.2) is 40.6 Å². The Balaban J connectivity index is 1.36. The lowest BCUT2D eigenvalue weighted by molar-refractivity contribution is -0.140. The SMILES string of the molecule is CCC1c2[nH]c3cc(C)ccc3c2CCN1C(=O)C1CCC(CNC(=O)OC(C)(C)C)CC1. The van der Waals surface area contributed by atoms with Crippen molar-refractivity contribution in [2.75, 3.05) is 13.1 Å². The predicted octanol–water partition coefficient (Wildman–Crippen LogP) is 5.64. The molecule has 1 aliphatic carbocycles. The Morgan fingerprint density at radius 3 is 2.58 bits per heavy atom. The maximum atomic E-state index is 13.6. The average Bonchev–Trinajstić information content (AvgIpc) is 3.13. The highest BCUT2D eigenvalue weighted by atomic mass is 16.6. The summed E-state index contributed by atoms with van der Waals surface area (Å²) in [6, 6.07) is 6.72. The first-order valence-electron chi connectivity index (χ1n) is 12.5. The molecule has 180 valence electrons. The number of H-pyrrole nitrogens is 1. The molecular weight excluding hydrogens is 414 g/mol. The van der Waals surface area contributed by atoms with Crippen molar-refractivity contribution < 1.29 is 14.3 Å². The minimum atomic E-state index is -0.484. The summed E-state index contributed by atoms with van der Waals surface area (Å²) in [6.45, 7) is 11.3. The largest absolute Gasteiger partial charge is 0.444 e.